The summed E-state index contributed by atoms with van der Waals surface area (Å²) in [4.78, 5) is 33.4. The average Bonchev–Trinajstić information content (AvgIpc) is 3.16. The number of aryl methyl sites for hydroxylation is 1. The van der Waals surface area contributed by atoms with Gasteiger partial charge < -0.3 is 24.6 Å². The van der Waals surface area contributed by atoms with Crippen LogP contribution in [0.15, 0.2) is 23.0 Å². The van der Waals surface area contributed by atoms with Crippen molar-refractivity contribution in [1.29, 1.82) is 0 Å². The van der Waals surface area contributed by atoms with Crippen molar-refractivity contribution in [2.24, 2.45) is 7.05 Å². The van der Waals surface area contributed by atoms with E-state index in [0.29, 0.717) is 47.5 Å². The number of hydrogen-bond donors (Lipinski definition) is 1. The largest absolute Gasteiger partial charge is 0.453 e. The van der Waals surface area contributed by atoms with E-state index in [1.807, 2.05) is 44.1 Å². The third-order valence-corrected chi connectivity index (χ3v) is 5.90. The predicted octanol–water partition coefficient (Wildman–Crippen LogP) is 2.74. The Hall–Kier alpha value is -2.78. The topological polar surface area (TPSA) is 88.9 Å². The minimum absolute atomic E-state index is 0.230. The summed E-state index contributed by atoms with van der Waals surface area (Å²) in [5.41, 5.74) is 2.32. The molecule has 1 aromatic carbocycles. The molecule has 1 amide bonds. The molecule has 1 aromatic heterocycles. The lowest BCUT2D eigenvalue weighted by molar-refractivity contribution is 0.0614. The number of nitrogens with zero attached hydrogens (tertiary/aromatic N) is 4. The molecule has 0 saturated carbocycles. The number of likely N-dealkylation sites (tertiary alicyclic amines) is 1. The Labute approximate surface area is 192 Å². The van der Waals surface area contributed by atoms with Crippen LogP contribution in [0.4, 0.5) is 16.2 Å². The number of rotatable bonds is 6. The van der Waals surface area contributed by atoms with Gasteiger partial charge >= 0.3 is 6.09 Å². The molecule has 2 atom stereocenters. The van der Waals surface area contributed by atoms with Crippen LogP contribution < -0.4 is 15.8 Å². The number of amides is 1. The predicted molar refractivity (Wildman–Crippen MR) is 126 cm³/mol. The van der Waals surface area contributed by atoms with Gasteiger partial charge in [-0.1, -0.05) is 11.6 Å². The highest BCUT2D eigenvalue weighted by Crippen LogP contribution is 2.30. The first kappa shape index (κ1) is 23.9. The summed E-state index contributed by atoms with van der Waals surface area (Å²) in [7, 11) is 6.88. The normalized spacial score (nSPS) is 18.0. The number of methoxy groups -OCH3 is 1. The van der Waals surface area contributed by atoms with Crippen LogP contribution in [0.3, 0.4) is 0 Å². The van der Waals surface area contributed by atoms with Crippen molar-refractivity contribution in [2.45, 2.75) is 26.0 Å². The number of benzene rings is 1. The fraction of sp³-hybridized carbons (Fsp3) is 0.500. The van der Waals surface area contributed by atoms with Gasteiger partial charge in [-0.2, -0.15) is 0 Å². The van der Waals surface area contributed by atoms with Crippen molar-refractivity contribution in [3.05, 3.63) is 39.3 Å². The minimum atomic E-state index is -0.423. The molecule has 1 aliphatic rings. The molecule has 2 heterocycles. The zero-order valence-electron chi connectivity index (χ0n) is 19.3. The van der Waals surface area contributed by atoms with Crippen molar-refractivity contribution in [1.82, 2.24) is 14.5 Å². The van der Waals surface area contributed by atoms with Crippen LogP contribution in [0.25, 0.3) is 11.4 Å². The lowest BCUT2D eigenvalue weighted by atomic mass is 10.1. The van der Waals surface area contributed by atoms with Gasteiger partial charge in [0.2, 0.25) is 0 Å². The molecule has 2 unspecified atom stereocenters. The molecule has 32 heavy (non-hydrogen) atoms. The number of ether oxygens (including phenoxy) is 2. The van der Waals surface area contributed by atoms with E-state index in [2.05, 4.69) is 10.3 Å². The molecule has 0 spiro atoms. The van der Waals surface area contributed by atoms with Crippen LogP contribution in [0.1, 0.15) is 12.6 Å². The van der Waals surface area contributed by atoms with Gasteiger partial charge in [-0.15, -0.1) is 0 Å². The van der Waals surface area contributed by atoms with E-state index >= 15 is 0 Å². The second kappa shape index (κ2) is 9.79. The second-order valence-electron chi connectivity index (χ2n) is 7.94. The van der Waals surface area contributed by atoms with E-state index < -0.39 is 6.09 Å². The molecule has 9 nitrogen and oxygen atoms in total. The van der Waals surface area contributed by atoms with Crippen LogP contribution in [0, 0.1) is 6.92 Å². The first-order chi connectivity index (χ1) is 15.2. The smallest absolute Gasteiger partial charge is 0.409 e. The molecular formula is C22H30ClN5O4. The number of halogens is 1. The maximum Gasteiger partial charge on any atom is 0.409 e. The van der Waals surface area contributed by atoms with Gasteiger partial charge in [-0.3, -0.25) is 9.36 Å². The van der Waals surface area contributed by atoms with Gasteiger partial charge in [0.1, 0.15) is 11.5 Å². The van der Waals surface area contributed by atoms with Crippen molar-refractivity contribution in [3.63, 3.8) is 0 Å². The van der Waals surface area contributed by atoms with Crippen LogP contribution in [0.5, 0.6) is 0 Å². The molecule has 10 heteroatoms. The van der Waals surface area contributed by atoms with Gasteiger partial charge in [0.05, 0.1) is 36.5 Å². The maximum absolute atomic E-state index is 13.3. The van der Waals surface area contributed by atoms with Crippen molar-refractivity contribution < 1.29 is 14.3 Å². The minimum Gasteiger partial charge on any atom is -0.453 e. The van der Waals surface area contributed by atoms with E-state index in [4.69, 9.17) is 21.1 Å². The average molecular weight is 464 g/mol. The van der Waals surface area contributed by atoms with Crippen LogP contribution in [-0.2, 0) is 16.5 Å². The summed E-state index contributed by atoms with van der Waals surface area (Å²) in [5, 5.41) is 3.78. The summed E-state index contributed by atoms with van der Waals surface area (Å²) in [5.74, 6) is 0.484. The molecule has 0 bridgehead atoms. The Bertz CT molecular complexity index is 1060. The zero-order valence-corrected chi connectivity index (χ0v) is 20.1. The quantitative estimate of drug-likeness (QED) is 0.704. The third kappa shape index (κ3) is 4.68. The Morgan fingerprint density at radius 2 is 2.06 bits per heavy atom. The Kier molecular flexibility index (Phi) is 7.30. The SMILES string of the molecule is CCOC1CN(C(=O)OC)CC1Nc1c(C)nc(-c2ccc(N(C)C)cc2Cl)n(C)c1=O. The Morgan fingerprint density at radius 3 is 2.66 bits per heavy atom. The van der Waals surface area contributed by atoms with Gasteiger partial charge in [-0.05, 0) is 32.0 Å². The number of carbonyl (C=O) groups excluding carboxylic acids is 1. The van der Waals surface area contributed by atoms with E-state index in [0.717, 1.165) is 5.69 Å². The zero-order chi connectivity index (χ0) is 23.6. The highest BCUT2D eigenvalue weighted by atomic mass is 35.5. The summed E-state index contributed by atoms with van der Waals surface area (Å²) in [6.45, 7) is 4.91. The summed E-state index contributed by atoms with van der Waals surface area (Å²) in [6.07, 6.45) is -0.691. The lowest BCUT2D eigenvalue weighted by Gasteiger charge is -2.22. The second-order valence-corrected chi connectivity index (χ2v) is 8.35. The first-order valence-electron chi connectivity index (χ1n) is 10.4. The van der Waals surface area contributed by atoms with Crippen molar-refractivity contribution in [2.75, 3.05) is 51.1 Å². The van der Waals surface area contributed by atoms with E-state index in [1.54, 1.807) is 18.9 Å². The summed E-state index contributed by atoms with van der Waals surface area (Å²) < 4.78 is 12.1. The Morgan fingerprint density at radius 1 is 1.34 bits per heavy atom. The molecule has 1 N–H and O–H groups in total. The molecule has 1 aliphatic heterocycles. The number of aromatic nitrogens is 2. The summed E-state index contributed by atoms with van der Waals surface area (Å²) >= 11 is 6.51. The van der Waals surface area contributed by atoms with Crippen LogP contribution in [-0.4, -0.2) is 73.6 Å². The summed E-state index contributed by atoms with van der Waals surface area (Å²) in [6, 6.07) is 5.37. The fourth-order valence-corrected chi connectivity index (χ4v) is 4.10. The van der Waals surface area contributed by atoms with Crippen molar-refractivity contribution in [3.8, 4) is 11.4 Å². The molecule has 3 rings (SSSR count). The lowest BCUT2D eigenvalue weighted by Crippen LogP contribution is -2.38. The van der Waals surface area contributed by atoms with Gasteiger partial charge in [-0.25, -0.2) is 9.78 Å². The first-order valence-corrected chi connectivity index (χ1v) is 10.8. The standard InChI is InChI=1S/C22H30ClN5O4/c1-7-32-18-12-28(22(30)31-6)11-17(18)25-19-13(2)24-20(27(5)21(19)29)15-9-8-14(26(3)4)10-16(15)23/h8-10,17-18,25H,7,11-12H2,1-6H3. The maximum atomic E-state index is 13.3. The van der Waals surface area contributed by atoms with E-state index in [1.165, 1.54) is 11.7 Å². The number of hydrogen-bond acceptors (Lipinski definition) is 7. The van der Waals surface area contributed by atoms with Crippen molar-refractivity contribution >= 4 is 29.1 Å². The van der Waals surface area contributed by atoms with E-state index in [-0.39, 0.29) is 17.7 Å². The molecule has 0 radical (unpaired) electrons. The number of nitrogens with one attached hydrogen (secondary N) is 1. The van der Waals surface area contributed by atoms with Crippen LogP contribution in [0.2, 0.25) is 5.02 Å². The van der Waals surface area contributed by atoms with Gasteiger partial charge in [0.25, 0.3) is 5.56 Å². The number of anilines is 2. The third-order valence-electron chi connectivity index (χ3n) is 5.59. The van der Waals surface area contributed by atoms with Crippen LogP contribution >= 0.6 is 11.6 Å². The molecular weight excluding hydrogens is 434 g/mol. The fourth-order valence-electron chi connectivity index (χ4n) is 3.84. The van der Waals surface area contributed by atoms with E-state index in [9.17, 15) is 9.59 Å². The monoisotopic (exact) mass is 463 g/mol. The highest BCUT2D eigenvalue weighted by Gasteiger charge is 2.37. The highest BCUT2D eigenvalue weighted by molar-refractivity contribution is 6.33. The van der Waals surface area contributed by atoms with Gasteiger partial charge in [0, 0.05) is 45.5 Å². The Balaban J connectivity index is 1.94. The molecule has 2 aromatic rings. The molecule has 1 saturated heterocycles. The number of carbonyl (C=O) groups is 1. The molecule has 174 valence electrons. The van der Waals surface area contributed by atoms with Gasteiger partial charge in [0.15, 0.2) is 0 Å². The molecule has 1 fully saturated rings. The molecule has 0 aliphatic carbocycles.